The molecule has 1 atom stereocenters. The zero-order valence-electron chi connectivity index (χ0n) is 9.28. The van der Waals surface area contributed by atoms with Crippen molar-refractivity contribution in [2.75, 3.05) is 20.3 Å². The lowest BCUT2D eigenvalue weighted by atomic mass is 10.0. The molecule has 15 heavy (non-hydrogen) atoms. The maximum atomic E-state index is 5.07. The van der Waals surface area contributed by atoms with Gasteiger partial charge in [0.15, 0.2) is 0 Å². The summed E-state index contributed by atoms with van der Waals surface area (Å²) >= 11 is 0. The summed E-state index contributed by atoms with van der Waals surface area (Å²) in [6, 6.07) is 11.3. The first-order valence-corrected chi connectivity index (χ1v) is 5.69. The van der Waals surface area contributed by atoms with Gasteiger partial charge >= 0.3 is 0 Å². The highest BCUT2D eigenvalue weighted by Gasteiger charge is 2.31. The third-order valence-corrected chi connectivity index (χ3v) is 2.92. The maximum absolute atomic E-state index is 5.07. The molecule has 0 heterocycles. The second-order valence-electron chi connectivity index (χ2n) is 4.17. The van der Waals surface area contributed by atoms with Crippen molar-refractivity contribution in [2.45, 2.75) is 18.9 Å². The summed E-state index contributed by atoms with van der Waals surface area (Å²) in [5, 5.41) is 3.57. The van der Waals surface area contributed by atoms with E-state index in [2.05, 4.69) is 35.6 Å². The average Bonchev–Trinajstić information content (AvgIpc) is 3.10. The molecule has 1 N–H and O–H groups in total. The van der Waals surface area contributed by atoms with Crippen molar-refractivity contribution in [3.63, 3.8) is 0 Å². The predicted octanol–water partition coefficient (Wildman–Crippen LogP) is 2.37. The number of rotatable bonds is 6. The molecule has 1 aliphatic carbocycles. The van der Waals surface area contributed by atoms with Crippen LogP contribution in [0, 0.1) is 5.92 Å². The average molecular weight is 205 g/mol. The molecule has 0 bridgehead atoms. The lowest BCUT2D eigenvalue weighted by Gasteiger charge is -2.18. The van der Waals surface area contributed by atoms with Gasteiger partial charge in [0.1, 0.15) is 0 Å². The second kappa shape index (κ2) is 5.29. The summed E-state index contributed by atoms with van der Waals surface area (Å²) in [4.78, 5) is 0. The monoisotopic (exact) mass is 205 g/mol. The van der Waals surface area contributed by atoms with Crippen molar-refractivity contribution in [3.8, 4) is 0 Å². The van der Waals surface area contributed by atoms with Crippen LogP contribution in [-0.2, 0) is 4.74 Å². The largest absolute Gasteiger partial charge is 0.383 e. The van der Waals surface area contributed by atoms with E-state index >= 15 is 0 Å². The molecule has 0 aromatic heterocycles. The van der Waals surface area contributed by atoms with Crippen LogP contribution in [0.5, 0.6) is 0 Å². The molecule has 2 nitrogen and oxygen atoms in total. The van der Waals surface area contributed by atoms with Gasteiger partial charge in [-0.2, -0.15) is 0 Å². The van der Waals surface area contributed by atoms with E-state index in [-0.39, 0.29) is 0 Å². The van der Waals surface area contributed by atoms with E-state index in [0.29, 0.717) is 6.04 Å². The Morgan fingerprint density at radius 2 is 2.07 bits per heavy atom. The molecule has 0 saturated heterocycles. The molecule has 1 fully saturated rings. The first-order chi connectivity index (χ1) is 7.42. The van der Waals surface area contributed by atoms with Crippen LogP contribution < -0.4 is 5.32 Å². The van der Waals surface area contributed by atoms with Crippen molar-refractivity contribution < 1.29 is 4.74 Å². The molecule has 82 valence electrons. The van der Waals surface area contributed by atoms with E-state index in [1.165, 1.54) is 18.4 Å². The molecule has 2 rings (SSSR count). The molecule has 1 aliphatic rings. The van der Waals surface area contributed by atoms with Crippen LogP contribution >= 0.6 is 0 Å². The van der Waals surface area contributed by atoms with Gasteiger partial charge in [-0.25, -0.2) is 0 Å². The molecule has 0 spiro atoms. The van der Waals surface area contributed by atoms with Gasteiger partial charge in [-0.05, 0) is 24.3 Å². The minimum Gasteiger partial charge on any atom is -0.383 e. The van der Waals surface area contributed by atoms with Gasteiger partial charge in [0, 0.05) is 19.7 Å². The normalized spacial score (nSPS) is 17.7. The Bertz CT molecular complexity index is 282. The summed E-state index contributed by atoms with van der Waals surface area (Å²) in [5.74, 6) is 0.837. The molecular formula is C13H19NO. The molecule has 2 heteroatoms. The van der Waals surface area contributed by atoms with Crippen molar-refractivity contribution in [3.05, 3.63) is 35.9 Å². The summed E-state index contributed by atoms with van der Waals surface area (Å²) in [5.41, 5.74) is 1.41. The van der Waals surface area contributed by atoms with Gasteiger partial charge in [0.05, 0.1) is 6.61 Å². The van der Waals surface area contributed by atoms with E-state index in [1.807, 2.05) is 0 Å². The van der Waals surface area contributed by atoms with Gasteiger partial charge in [-0.15, -0.1) is 0 Å². The Morgan fingerprint density at radius 1 is 1.33 bits per heavy atom. The number of benzene rings is 1. The number of methoxy groups -OCH3 is 1. The topological polar surface area (TPSA) is 21.3 Å². The fraction of sp³-hybridized carbons (Fsp3) is 0.538. The van der Waals surface area contributed by atoms with Crippen LogP contribution in [0.1, 0.15) is 24.4 Å². The molecular weight excluding hydrogens is 186 g/mol. The second-order valence-corrected chi connectivity index (χ2v) is 4.17. The minimum atomic E-state index is 0.529. The molecule has 0 aliphatic heterocycles. The van der Waals surface area contributed by atoms with E-state index in [0.717, 1.165) is 19.1 Å². The number of hydrogen-bond acceptors (Lipinski definition) is 2. The highest BCUT2D eigenvalue weighted by atomic mass is 16.5. The zero-order valence-corrected chi connectivity index (χ0v) is 9.28. The molecule has 0 amide bonds. The first kappa shape index (κ1) is 10.7. The van der Waals surface area contributed by atoms with Crippen LogP contribution in [0.15, 0.2) is 30.3 Å². The van der Waals surface area contributed by atoms with Crippen LogP contribution in [0.25, 0.3) is 0 Å². The molecule has 1 saturated carbocycles. The summed E-state index contributed by atoms with van der Waals surface area (Å²) in [7, 11) is 1.75. The Kier molecular flexibility index (Phi) is 3.75. The zero-order chi connectivity index (χ0) is 10.5. The Morgan fingerprint density at radius 3 is 2.67 bits per heavy atom. The van der Waals surface area contributed by atoms with E-state index < -0.39 is 0 Å². The van der Waals surface area contributed by atoms with Crippen LogP contribution in [0.4, 0.5) is 0 Å². The smallest absolute Gasteiger partial charge is 0.0587 e. The maximum Gasteiger partial charge on any atom is 0.0587 e. The van der Waals surface area contributed by atoms with Crippen molar-refractivity contribution in [2.24, 2.45) is 5.92 Å². The van der Waals surface area contributed by atoms with Gasteiger partial charge in [0.25, 0.3) is 0 Å². The fourth-order valence-electron chi connectivity index (χ4n) is 1.96. The number of hydrogen-bond donors (Lipinski definition) is 1. The Balaban J connectivity index is 1.94. The lowest BCUT2D eigenvalue weighted by molar-refractivity contribution is 0.194. The third kappa shape index (κ3) is 3.05. The SMILES string of the molecule is COCCNC(c1ccccc1)C1CC1. The van der Waals surface area contributed by atoms with Crippen molar-refractivity contribution in [1.29, 1.82) is 0 Å². The third-order valence-electron chi connectivity index (χ3n) is 2.92. The Hall–Kier alpha value is -0.860. The Labute approximate surface area is 91.6 Å². The molecule has 1 aromatic rings. The van der Waals surface area contributed by atoms with E-state index in [4.69, 9.17) is 4.74 Å². The van der Waals surface area contributed by atoms with E-state index in [9.17, 15) is 0 Å². The molecule has 0 radical (unpaired) electrons. The quantitative estimate of drug-likeness (QED) is 0.720. The first-order valence-electron chi connectivity index (χ1n) is 5.69. The van der Waals surface area contributed by atoms with Crippen molar-refractivity contribution >= 4 is 0 Å². The summed E-state index contributed by atoms with van der Waals surface area (Å²) in [6.07, 6.45) is 2.72. The lowest BCUT2D eigenvalue weighted by Crippen LogP contribution is -2.26. The molecule has 1 unspecified atom stereocenters. The fourth-order valence-corrected chi connectivity index (χ4v) is 1.96. The van der Waals surface area contributed by atoms with Crippen molar-refractivity contribution in [1.82, 2.24) is 5.32 Å². The van der Waals surface area contributed by atoms with Gasteiger partial charge in [0.2, 0.25) is 0 Å². The molecule has 1 aromatic carbocycles. The number of nitrogens with one attached hydrogen (secondary N) is 1. The van der Waals surface area contributed by atoms with Gasteiger partial charge in [-0.1, -0.05) is 30.3 Å². The minimum absolute atomic E-state index is 0.529. The van der Waals surface area contributed by atoms with Crippen LogP contribution in [0.3, 0.4) is 0 Å². The van der Waals surface area contributed by atoms with Gasteiger partial charge < -0.3 is 10.1 Å². The van der Waals surface area contributed by atoms with Crippen LogP contribution in [-0.4, -0.2) is 20.3 Å². The summed E-state index contributed by atoms with van der Waals surface area (Å²) < 4.78 is 5.07. The standard InChI is InChI=1S/C13H19NO/c1-15-10-9-14-13(12-7-8-12)11-5-3-2-4-6-11/h2-6,12-14H,7-10H2,1H3. The highest BCUT2D eigenvalue weighted by Crippen LogP contribution is 2.40. The summed E-state index contributed by atoms with van der Waals surface area (Å²) in [6.45, 7) is 1.72. The van der Waals surface area contributed by atoms with E-state index in [1.54, 1.807) is 7.11 Å². The number of ether oxygens (including phenoxy) is 1. The highest BCUT2D eigenvalue weighted by molar-refractivity contribution is 5.21. The van der Waals surface area contributed by atoms with Gasteiger partial charge in [-0.3, -0.25) is 0 Å². The van der Waals surface area contributed by atoms with Crippen LogP contribution in [0.2, 0.25) is 0 Å². The predicted molar refractivity (Wildman–Crippen MR) is 61.8 cm³/mol.